The van der Waals surface area contributed by atoms with Gasteiger partial charge in [-0.15, -0.1) is 0 Å². The van der Waals surface area contributed by atoms with Crippen LogP contribution in [-0.2, 0) is 4.79 Å². The summed E-state index contributed by atoms with van der Waals surface area (Å²) in [5.74, 6) is -0.586. The molecule has 0 aliphatic carbocycles. The largest absolute Gasteiger partial charge is 0.353 e. The van der Waals surface area contributed by atoms with Crippen LogP contribution in [0.25, 0.3) is 0 Å². The zero-order valence-electron chi connectivity index (χ0n) is 9.77. The topological polar surface area (TPSA) is 54.0 Å². The van der Waals surface area contributed by atoms with E-state index in [9.17, 15) is 9.18 Å². The molecule has 0 spiro atoms. The Labute approximate surface area is 104 Å². The molecule has 1 amide bonds. The van der Waals surface area contributed by atoms with Crippen LogP contribution in [0, 0.1) is 5.82 Å². The number of carbonyl (C=O) groups excluding carboxylic acids is 1. The summed E-state index contributed by atoms with van der Waals surface area (Å²) in [5, 5.41) is 5.52. The van der Waals surface area contributed by atoms with Crippen molar-refractivity contribution in [3.63, 3.8) is 0 Å². The molecule has 0 bridgehead atoms. The molecule has 2 N–H and O–H groups in total. The normalized spacial score (nSPS) is 9.89. The second-order valence-corrected chi connectivity index (χ2v) is 3.74. The first-order valence-corrected chi connectivity index (χ1v) is 5.39. The highest BCUT2D eigenvalue weighted by Gasteiger charge is 2.04. The average molecular weight is 245 g/mol. The van der Waals surface area contributed by atoms with E-state index in [1.165, 1.54) is 25.1 Å². The number of carbonyl (C=O) groups is 1. The fraction of sp³-hybridized carbons (Fsp3) is 0.0769. The molecule has 2 aromatic rings. The number of pyridine rings is 1. The van der Waals surface area contributed by atoms with Gasteiger partial charge in [-0.25, -0.2) is 4.39 Å². The fourth-order valence-electron chi connectivity index (χ4n) is 1.49. The maximum atomic E-state index is 13.6. The van der Waals surface area contributed by atoms with Crippen LogP contribution in [0.3, 0.4) is 0 Å². The number of nitrogens with one attached hydrogen (secondary N) is 2. The molecule has 0 atom stereocenters. The third-order valence-corrected chi connectivity index (χ3v) is 2.25. The maximum Gasteiger partial charge on any atom is 0.221 e. The van der Waals surface area contributed by atoms with E-state index in [2.05, 4.69) is 15.6 Å². The number of aromatic nitrogens is 1. The lowest BCUT2D eigenvalue weighted by Gasteiger charge is -2.09. The standard InChI is InChI=1S/C13H12FN3O/c1-9(18)16-11-2-3-12(14)13(8-11)17-10-4-6-15-7-5-10/h2-8H,1H3,(H,15,17)(H,16,18). The zero-order valence-corrected chi connectivity index (χ0v) is 9.77. The van der Waals surface area contributed by atoms with Gasteiger partial charge in [-0.05, 0) is 30.3 Å². The van der Waals surface area contributed by atoms with Gasteiger partial charge < -0.3 is 10.6 Å². The van der Waals surface area contributed by atoms with Crippen molar-refractivity contribution < 1.29 is 9.18 Å². The summed E-state index contributed by atoms with van der Waals surface area (Å²) in [5.41, 5.74) is 1.57. The molecule has 5 heteroatoms. The molecule has 0 saturated heterocycles. The van der Waals surface area contributed by atoms with Gasteiger partial charge in [-0.3, -0.25) is 9.78 Å². The summed E-state index contributed by atoms with van der Waals surface area (Å²) < 4.78 is 13.6. The van der Waals surface area contributed by atoms with Gasteiger partial charge in [0.1, 0.15) is 5.82 Å². The summed E-state index contributed by atoms with van der Waals surface area (Å²) >= 11 is 0. The van der Waals surface area contributed by atoms with Crippen LogP contribution >= 0.6 is 0 Å². The highest BCUT2D eigenvalue weighted by Crippen LogP contribution is 2.23. The molecule has 1 aromatic heterocycles. The first kappa shape index (κ1) is 12.0. The predicted molar refractivity (Wildman–Crippen MR) is 68.2 cm³/mol. The molecule has 4 nitrogen and oxygen atoms in total. The SMILES string of the molecule is CC(=O)Nc1ccc(F)c(Nc2ccncc2)c1. The van der Waals surface area contributed by atoms with E-state index in [4.69, 9.17) is 0 Å². The first-order valence-electron chi connectivity index (χ1n) is 5.39. The number of rotatable bonds is 3. The number of anilines is 3. The average Bonchev–Trinajstić information content (AvgIpc) is 2.34. The van der Waals surface area contributed by atoms with Gasteiger partial charge in [0, 0.05) is 30.7 Å². The van der Waals surface area contributed by atoms with Crippen LogP contribution in [0.15, 0.2) is 42.7 Å². The molecule has 0 aliphatic rings. The van der Waals surface area contributed by atoms with Crippen LogP contribution in [0.5, 0.6) is 0 Å². The van der Waals surface area contributed by atoms with E-state index in [-0.39, 0.29) is 11.7 Å². The number of nitrogens with zero attached hydrogens (tertiary/aromatic N) is 1. The summed E-state index contributed by atoms with van der Waals surface area (Å²) in [6, 6.07) is 7.80. The second-order valence-electron chi connectivity index (χ2n) is 3.74. The van der Waals surface area contributed by atoms with Gasteiger partial charge in [-0.1, -0.05) is 0 Å². The van der Waals surface area contributed by atoms with Crippen molar-refractivity contribution in [3.05, 3.63) is 48.5 Å². The Kier molecular flexibility index (Phi) is 3.52. The molecule has 0 fully saturated rings. The molecule has 0 unspecified atom stereocenters. The summed E-state index contributed by atoms with van der Waals surface area (Å²) in [6.45, 7) is 1.40. The quantitative estimate of drug-likeness (QED) is 0.874. The van der Waals surface area contributed by atoms with Gasteiger partial charge in [0.2, 0.25) is 5.91 Å². The molecule has 2 rings (SSSR count). The van der Waals surface area contributed by atoms with E-state index in [1.54, 1.807) is 24.5 Å². The van der Waals surface area contributed by atoms with Crippen molar-refractivity contribution in [2.24, 2.45) is 0 Å². The first-order chi connectivity index (χ1) is 8.65. The molecule has 0 saturated carbocycles. The van der Waals surface area contributed by atoms with Crippen LogP contribution < -0.4 is 10.6 Å². The van der Waals surface area contributed by atoms with E-state index in [0.29, 0.717) is 11.4 Å². The van der Waals surface area contributed by atoms with E-state index in [0.717, 1.165) is 5.69 Å². The molecule has 92 valence electrons. The number of halogens is 1. The van der Waals surface area contributed by atoms with Crippen LogP contribution in [-0.4, -0.2) is 10.9 Å². The molecule has 0 radical (unpaired) electrons. The molecule has 18 heavy (non-hydrogen) atoms. The smallest absolute Gasteiger partial charge is 0.221 e. The third kappa shape index (κ3) is 3.04. The lowest BCUT2D eigenvalue weighted by atomic mass is 10.2. The highest BCUT2D eigenvalue weighted by atomic mass is 19.1. The van der Waals surface area contributed by atoms with Crippen molar-refractivity contribution in [3.8, 4) is 0 Å². The van der Waals surface area contributed by atoms with Gasteiger partial charge >= 0.3 is 0 Å². The van der Waals surface area contributed by atoms with Crippen molar-refractivity contribution >= 4 is 23.0 Å². The highest BCUT2D eigenvalue weighted by molar-refractivity contribution is 5.89. The second kappa shape index (κ2) is 5.27. The number of amides is 1. The van der Waals surface area contributed by atoms with Crippen LogP contribution in [0.2, 0.25) is 0 Å². The Hall–Kier alpha value is -2.43. The van der Waals surface area contributed by atoms with E-state index < -0.39 is 0 Å². The predicted octanol–water partition coefficient (Wildman–Crippen LogP) is 2.92. The van der Waals surface area contributed by atoms with Crippen molar-refractivity contribution in [1.29, 1.82) is 0 Å². The molecular weight excluding hydrogens is 233 g/mol. The Morgan fingerprint density at radius 2 is 1.89 bits per heavy atom. The fourth-order valence-corrected chi connectivity index (χ4v) is 1.49. The van der Waals surface area contributed by atoms with Gasteiger partial charge in [0.15, 0.2) is 0 Å². The lowest BCUT2D eigenvalue weighted by Crippen LogP contribution is -2.06. The minimum Gasteiger partial charge on any atom is -0.353 e. The molecule has 1 heterocycles. The Morgan fingerprint density at radius 3 is 2.56 bits per heavy atom. The summed E-state index contributed by atoms with van der Waals surface area (Å²) in [6.07, 6.45) is 3.22. The molecule has 0 aliphatic heterocycles. The van der Waals surface area contributed by atoms with Crippen molar-refractivity contribution in [1.82, 2.24) is 4.98 Å². The maximum absolute atomic E-state index is 13.6. The Morgan fingerprint density at radius 1 is 1.17 bits per heavy atom. The third-order valence-electron chi connectivity index (χ3n) is 2.25. The van der Waals surface area contributed by atoms with Crippen LogP contribution in [0.4, 0.5) is 21.5 Å². The summed E-state index contributed by atoms with van der Waals surface area (Å²) in [4.78, 5) is 14.8. The van der Waals surface area contributed by atoms with Crippen molar-refractivity contribution in [2.45, 2.75) is 6.92 Å². The zero-order chi connectivity index (χ0) is 13.0. The van der Waals surface area contributed by atoms with Crippen molar-refractivity contribution in [2.75, 3.05) is 10.6 Å². The molecule has 1 aromatic carbocycles. The Balaban J connectivity index is 2.24. The lowest BCUT2D eigenvalue weighted by molar-refractivity contribution is -0.114. The monoisotopic (exact) mass is 245 g/mol. The minimum absolute atomic E-state index is 0.198. The van der Waals surface area contributed by atoms with E-state index >= 15 is 0 Å². The van der Waals surface area contributed by atoms with Crippen LogP contribution in [0.1, 0.15) is 6.92 Å². The van der Waals surface area contributed by atoms with E-state index in [1.807, 2.05) is 0 Å². The Bertz CT molecular complexity index is 557. The number of hydrogen-bond donors (Lipinski definition) is 2. The van der Waals surface area contributed by atoms with Gasteiger partial charge in [0.05, 0.1) is 5.69 Å². The summed E-state index contributed by atoms with van der Waals surface area (Å²) in [7, 11) is 0. The minimum atomic E-state index is -0.388. The number of hydrogen-bond acceptors (Lipinski definition) is 3. The van der Waals surface area contributed by atoms with Gasteiger partial charge in [-0.2, -0.15) is 0 Å². The van der Waals surface area contributed by atoms with Gasteiger partial charge in [0.25, 0.3) is 0 Å². The number of benzene rings is 1. The molecular formula is C13H12FN3O.